The molecule has 0 aromatic carbocycles. The number of hydrogen-bond donors (Lipinski definition) is 1. The van der Waals surface area contributed by atoms with Crippen molar-refractivity contribution in [3.05, 3.63) is 0 Å². The highest BCUT2D eigenvalue weighted by Gasteiger charge is 1.96. The van der Waals surface area contributed by atoms with Crippen molar-refractivity contribution in [1.82, 2.24) is 5.32 Å². The highest BCUT2D eigenvalue weighted by molar-refractivity contribution is 5.75. The van der Waals surface area contributed by atoms with Gasteiger partial charge in [-0.25, -0.2) is 0 Å². The molecule has 0 aromatic rings. The minimum Gasteiger partial charge on any atom is -0.379 e. The fraction of sp³-hybridized carbons (Fsp3) is 0.900. The van der Waals surface area contributed by atoms with Gasteiger partial charge in [-0.15, -0.1) is 0 Å². The molecule has 0 atom stereocenters. The van der Waals surface area contributed by atoms with Crippen molar-refractivity contribution in [2.75, 3.05) is 99.0 Å². The zero-order chi connectivity index (χ0) is 22.1. The van der Waals surface area contributed by atoms with E-state index in [9.17, 15) is 9.59 Å². The van der Waals surface area contributed by atoms with Gasteiger partial charge in [0.25, 0.3) is 0 Å². The van der Waals surface area contributed by atoms with Crippen molar-refractivity contribution in [3.8, 4) is 0 Å². The molecule has 0 aliphatic carbocycles. The molecular formula is C20H39NO9. The second-order valence-corrected chi connectivity index (χ2v) is 6.22. The molecule has 0 spiro atoms. The first kappa shape index (κ1) is 28.9. The SMILES string of the molecule is CC(=O)CCOCCOCCOCCOCCOCCOCCOCCNC(C)=O. The average molecular weight is 438 g/mol. The van der Waals surface area contributed by atoms with Gasteiger partial charge < -0.3 is 38.5 Å². The number of carbonyl (C=O) groups is 2. The summed E-state index contributed by atoms with van der Waals surface area (Å²) in [6.07, 6.45) is 0.445. The number of amides is 1. The lowest BCUT2D eigenvalue weighted by Gasteiger charge is -2.08. The summed E-state index contributed by atoms with van der Waals surface area (Å²) < 4.78 is 37.4. The molecule has 0 rings (SSSR count). The third-order valence-electron chi connectivity index (χ3n) is 3.45. The number of Topliss-reactive ketones (excluding diaryl/α,β-unsaturated/α-hetero) is 1. The van der Waals surface area contributed by atoms with Gasteiger partial charge in [0.05, 0.1) is 92.5 Å². The molecule has 0 bridgehead atoms. The molecule has 10 heteroatoms. The Morgan fingerprint density at radius 2 is 0.800 bits per heavy atom. The molecule has 1 N–H and O–H groups in total. The van der Waals surface area contributed by atoms with Crippen LogP contribution < -0.4 is 5.32 Å². The monoisotopic (exact) mass is 437 g/mol. The van der Waals surface area contributed by atoms with Gasteiger partial charge in [-0.2, -0.15) is 0 Å². The van der Waals surface area contributed by atoms with Crippen LogP contribution >= 0.6 is 0 Å². The summed E-state index contributed by atoms with van der Waals surface area (Å²) >= 11 is 0. The van der Waals surface area contributed by atoms with Crippen LogP contribution in [-0.2, 0) is 42.7 Å². The van der Waals surface area contributed by atoms with Gasteiger partial charge in [-0.3, -0.25) is 9.59 Å². The lowest BCUT2D eigenvalue weighted by atomic mass is 10.3. The van der Waals surface area contributed by atoms with Crippen molar-refractivity contribution >= 4 is 11.7 Å². The molecule has 10 nitrogen and oxygen atoms in total. The maximum atomic E-state index is 10.7. The van der Waals surface area contributed by atoms with Crippen molar-refractivity contribution in [3.63, 3.8) is 0 Å². The second kappa shape index (κ2) is 24.1. The predicted molar refractivity (Wildman–Crippen MR) is 110 cm³/mol. The topological polar surface area (TPSA) is 111 Å². The zero-order valence-corrected chi connectivity index (χ0v) is 18.5. The molecule has 0 aliphatic rings. The standard InChI is InChI=1S/C20H39NO9/c1-19(22)3-5-24-7-9-26-11-13-28-15-17-30-18-16-29-14-12-27-10-8-25-6-4-21-20(2)23/h3-18H2,1-2H3,(H,21,23). The number of ketones is 1. The number of carbonyl (C=O) groups excluding carboxylic acids is 2. The quantitative estimate of drug-likeness (QED) is 0.212. The van der Waals surface area contributed by atoms with Crippen LogP contribution in [0.1, 0.15) is 20.3 Å². The molecule has 0 aliphatic heterocycles. The Kier molecular flexibility index (Phi) is 23.2. The molecule has 0 fully saturated rings. The van der Waals surface area contributed by atoms with E-state index in [0.717, 1.165) is 0 Å². The van der Waals surface area contributed by atoms with E-state index in [1.807, 2.05) is 0 Å². The Labute approximate surface area is 179 Å². The van der Waals surface area contributed by atoms with Crippen LogP contribution in [0.25, 0.3) is 0 Å². The number of hydrogen-bond acceptors (Lipinski definition) is 9. The van der Waals surface area contributed by atoms with Gasteiger partial charge in [0.2, 0.25) is 5.91 Å². The van der Waals surface area contributed by atoms with E-state index in [1.54, 1.807) is 6.92 Å². The summed E-state index contributed by atoms with van der Waals surface area (Å²) in [5, 5.41) is 2.65. The van der Waals surface area contributed by atoms with E-state index in [0.29, 0.717) is 105 Å². The van der Waals surface area contributed by atoms with Gasteiger partial charge >= 0.3 is 0 Å². The van der Waals surface area contributed by atoms with Crippen LogP contribution in [0, 0.1) is 0 Å². The summed E-state index contributed by atoms with van der Waals surface area (Å²) in [4.78, 5) is 21.4. The summed E-state index contributed by atoms with van der Waals surface area (Å²) in [5.41, 5.74) is 0. The van der Waals surface area contributed by atoms with Crippen molar-refractivity contribution in [2.24, 2.45) is 0 Å². The summed E-state index contributed by atoms with van der Waals surface area (Å²) in [6.45, 7) is 10.4. The van der Waals surface area contributed by atoms with Gasteiger partial charge in [0.15, 0.2) is 0 Å². The van der Waals surface area contributed by atoms with E-state index in [1.165, 1.54) is 6.92 Å². The van der Waals surface area contributed by atoms with Crippen LogP contribution in [0.3, 0.4) is 0 Å². The second-order valence-electron chi connectivity index (χ2n) is 6.22. The lowest BCUT2D eigenvalue weighted by molar-refractivity contribution is -0.119. The van der Waals surface area contributed by atoms with E-state index in [4.69, 9.17) is 33.2 Å². The van der Waals surface area contributed by atoms with Crippen molar-refractivity contribution < 1.29 is 42.7 Å². The van der Waals surface area contributed by atoms with E-state index < -0.39 is 0 Å². The summed E-state index contributed by atoms with van der Waals surface area (Å²) in [6, 6.07) is 0. The molecule has 0 aromatic heterocycles. The number of rotatable bonds is 24. The number of nitrogens with one attached hydrogen (secondary N) is 1. The summed E-state index contributed by atoms with van der Waals surface area (Å²) in [7, 11) is 0. The molecule has 0 heterocycles. The Balaban J connectivity index is 3.02. The Bertz CT molecular complexity index is 360. The zero-order valence-electron chi connectivity index (χ0n) is 18.5. The number of ether oxygens (including phenoxy) is 7. The van der Waals surface area contributed by atoms with E-state index in [2.05, 4.69) is 5.32 Å². The molecule has 178 valence electrons. The van der Waals surface area contributed by atoms with Gasteiger partial charge in [-0.1, -0.05) is 0 Å². The third-order valence-corrected chi connectivity index (χ3v) is 3.45. The third kappa shape index (κ3) is 26.9. The normalized spacial score (nSPS) is 11.0. The molecule has 0 saturated carbocycles. The van der Waals surface area contributed by atoms with Gasteiger partial charge in [-0.05, 0) is 6.92 Å². The Morgan fingerprint density at radius 1 is 0.500 bits per heavy atom. The Morgan fingerprint density at radius 3 is 1.10 bits per heavy atom. The van der Waals surface area contributed by atoms with Crippen LogP contribution in [-0.4, -0.2) is 111 Å². The van der Waals surface area contributed by atoms with E-state index in [-0.39, 0.29) is 11.7 Å². The average Bonchev–Trinajstić information content (AvgIpc) is 2.70. The van der Waals surface area contributed by atoms with Crippen molar-refractivity contribution in [1.29, 1.82) is 0 Å². The molecule has 0 saturated heterocycles. The highest BCUT2D eigenvalue weighted by atomic mass is 16.6. The van der Waals surface area contributed by atoms with Crippen LogP contribution in [0.5, 0.6) is 0 Å². The first-order valence-electron chi connectivity index (χ1n) is 10.4. The lowest BCUT2D eigenvalue weighted by Crippen LogP contribution is -2.25. The largest absolute Gasteiger partial charge is 0.379 e. The maximum Gasteiger partial charge on any atom is 0.216 e. The summed E-state index contributed by atoms with van der Waals surface area (Å²) in [5.74, 6) is 0.0659. The highest BCUT2D eigenvalue weighted by Crippen LogP contribution is 1.87. The fourth-order valence-electron chi connectivity index (χ4n) is 1.94. The van der Waals surface area contributed by atoms with Crippen LogP contribution in [0.4, 0.5) is 0 Å². The molecule has 0 radical (unpaired) electrons. The first-order chi connectivity index (χ1) is 14.6. The van der Waals surface area contributed by atoms with Crippen LogP contribution in [0.15, 0.2) is 0 Å². The molecule has 30 heavy (non-hydrogen) atoms. The molecular weight excluding hydrogens is 398 g/mol. The van der Waals surface area contributed by atoms with Gasteiger partial charge in [0, 0.05) is 19.9 Å². The predicted octanol–water partition coefficient (Wildman–Crippen LogP) is 0.218. The first-order valence-corrected chi connectivity index (χ1v) is 10.4. The smallest absolute Gasteiger partial charge is 0.216 e. The maximum absolute atomic E-state index is 10.7. The minimum absolute atomic E-state index is 0.0605. The van der Waals surface area contributed by atoms with Crippen LogP contribution in [0.2, 0.25) is 0 Å². The minimum atomic E-state index is -0.0605. The van der Waals surface area contributed by atoms with E-state index >= 15 is 0 Å². The molecule has 0 unspecified atom stereocenters. The Hall–Kier alpha value is -1.14. The fourth-order valence-corrected chi connectivity index (χ4v) is 1.94. The van der Waals surface area contributed by atoms with Gasteiger partial charge in [0.1, 0.15) is 5.78 Å². The van der Waals surface area contributed by atoms with Crippen molar-refractivity contribution in [2.45, 2.75) is 20.3 Å². The molecule has 1 amide bonds.